The van der Waals surface area contributed by atoms with Crippen LogP contribution in [0, 0.1) is 5.92 Å². The van der Waals surface area contributed by atoms with Crippen LogP contribution in [0.3, 0.4) is 0 Å². The Labute approximate surface area is 197 Å². The molecule has 0 spiro atoms. The maximum Gasteiger partial charge on any atom is 0.225 e. The number of hydrogen-bond acceptors (Lipinski definition) is 6. The van der Waals surface area contributed by atoms with E-state index in [-0.39, 0.29) is 0 Å². The van der Waals surface area contributed by atoms with Gasteiger partial charge in [0.2, 0.25) is 5.95 Å². The number of aromatic nitrogens is 2. The molecule has 0 saturated heterocycles. The Hall–Kier alpha value is -3.12. The molecule has 174 valence electrons. The van der Waals surface area contributed by atoms with Crippen LogP contribution in [0.1, 0.15) is 31.2 Å². The number of fused-ring (bicyclic) bond motifs is 1. The summed E-state index contributed by atoms with van der Waals surface area (Å²) < 4.78 is 5.77. The molecule has 2 N–H and O–H groups in total. The standard InChI is InChI=1S/C27H35N5O/c1-4-17-33-25-12-8-5-9-21(25)19-28-18-20-13-15-22(16-14-20)29-27-30-24-11-7-6-10-23(24)26(31-27)32(2)3/h4-12,20,22,28H,1,13-19H2,2-3H3,(H,29,30,31)/t20-,22+. The highest BCUT2D eigenvalue weighted by molar-refractivity contribution is 5.90. The van der Waals surface area contributed by atoms with Gasteiger partial charge < -0.3 is 20.3 Å². The topological polar surface area (TPSA) is 62.3 Å². The van der Waals surface area contributed by atoms with Crippen molar-refractivity contribution < 1.29 is 4.74 Å². The molecule has 1 heterocycles. The predicted molar refractivity (Wildman–Crippen MR) is 137 cm³/mol. The second-order valence-electron chi connectivity index (χ2n) is 8.98. The summed E-state index contributed by atoms with van der Waals surface area (Å²) in [7, 11) is 4.06. The molecule has 1 saturated carbocycles. The molecule has 0 aliphatic heterocycles. The van der Waals surface area contributed by atoms with Gasteiger partial charge in [0.05, 0.1) is 5.52 Å². The van der Waals surface area contributed by atoms with Crippen molar-refractivity contribution in [3.8, 4) is 5.75 Å². The van der Waals surface area contributed by atoms with Gasteiger partial charge in [-0.25, -0.2) is 4.98 Å². The molecule has 6 nitrogen and oxygen atoms in total. The molecular weight excluding hydrogens is 410 g/mol. The summed E-state index contributed by atoms with van der Waals surface area (Å²) in [5.41, 5.74) is 2.17. The predicted octanol–water partition coefficient (Wildman–Crippen LogP) is 5.02. The molecule has 1 aliphatic rings. The fourth-order valence-corrected chi connectivity index (χ4v) is 4.51. The van der Waals surface area contributed by atoms with E-state index >= 15 is 0 Å². The first-order valence-corrected chi connectivity index (χ1v) is 11.9. The quantitative estimate of drug-likeness (QED) is 0.427. The van der Waals surface area contributed by atoms with Gasteiger partial charge in [0.15, 0.2) is 0 Å². The third kappa shape index (κ3) is 6.02. The van der Waals surface area contributed by atoms with E-state index in [0.29, 0.717) is 18.6 Å². The van der Waals surface area contributed by atoms with Gasteiger partial charge in [-0.05, 0) is 56.3 Å². The molecule has 0 unspecified atom stereocenters. The third-order valence-corrected chi connectivity index (χ3v) is 6.26. The number of nitrogens with one attached hydrogen (secondary N) is 2. The van der Waals surface area contributed by atoms with Crippen LogP contribution in [0.5, 0.6) is 5.75 Å². The van der Waals surface area contributed by atoms with Crippen LogP contribution in [-0.2, 0) is 6.54 Å². The van der Waals surface area contributed by atoms with E-state index in [1.807, 2.05) is 38.4 Å². The number of rotatable bonds is 10. The summed E-state index contributed by atoms with van der Waals surface area (Å²) >= 11 is 0. The summed E-state index contributed by atoms with van der Waals surface area (Å²) in [6.07, 6.45) is 6.46. The highest BCUT2D eigenvalue weighted by atomic mass is 16.5. The van der Waals surface area contributed by atoms with Gasteiger partial charge in [-0.15, -0.1) is 0 Å². The number of para-hydroxylation sites is 2. The summed E-state index contributed by atoms with van der Waals surface area (Å²) in [5, 5.41) is 8.32. The van der Waals surface area contributed by atoms with Crippen LogP contribution in [0.15, 0.2) is 61.2 Å². The van der Waals surface area contributed by atoms with Crippen LogP contribution < -0.4 is 20.3 Å². The first-order chi connectivity index (χ1) is 16.1. The Morgan fingerprint density at radius 1 is 1.03 bits per heavy atom. The number of benzene rings is 2. The first kappa shape index (κ1) is 23.1. The molecule has 1 aromatic heterocycles. The van der Waals surface area contributed by atoms with E-state index in [4.69, 9.17) is 14.7 Å². The van der Waals surface area contributed by atoms with Crippen molar-refractivity contribution in [2.45, 2.75) is 38.3 Å². The molecule has 0 bridgehead atoms. The molecule has 0 atom stereocenters. The van der Waals surface area contributed by atoms with Crippen molar-refractivity contribution in [3.63, 3.8) is 0 Å². The molecule has 1 fully saturated rings. The largest absolute Gasteiger partial charge is 0.489 e. The number of nitrogens with zero attached hydrogens (tertiary/aromatic N) is 3. The van der Waals surface area contributed by atoms with Crippen LogP contribution in [0.2, 0.25) is 0 Å². The fraction of sp³-hybridized carbons (Fsp3) is 0.407. The minimum absolute atomic E-state index is 0.422. The highest BCUT2D eigenvalue weighted by Gasteiger charge is 2.22. The van der Waals surface area contributed by atoms with E-state index in [9.17, 15) is 0 Å². The van der Waals surface area contributed by atoms with Gasteiger partial charge in [0.25, 0.3) is 0 Å². The van der Waals surface area contributed by atoms with Crippen molar-refractivity contribution in [2.75, 3.05) is 37.5 Å². The molecular formula is C27H35N5O. The van der Waals surface area contributed by atoms with Crippen molar-refractivity contribution in [1.29, 1.82) is 0 Å². The zero-order chi connectivity index (χ0) is 23.0. The molecule has 33 heavy (non-hydrogen) atoms. The minimum atomic E-state index is 0.422. The van der Waals surface area contributed by atoms with E-state index in [0.717, 1.165) is 54.3 Å². The summed E-state index contributed by atoms with van der Waals surface area (Å²) in [5.74, 6) is 3.32. The van der Waals surface area contributed by atoms with Gasteiger partial charge in [-0.2, -0.15) is 4.98 Å². The van der Waals surface area contributed by atoms with Crippen LogP contribution in [0.25, 0.3) is 10.9 Å². The van der Waals surface area contributed by atoms with Gasteiger partial charge in [-0.1, -0.05) is 43.0 Å². The number of anilines is 2. The number of hydrogen-bond donors (Lipinski definition) is 2. The molecule has 0 radical (unpaired) electrons. The lowest BCUT2D eigenvalue weighted by Crippen LogP contribution is -2.31. The normalized spacial score (nSPS) is 18.1. The first-order valence-electron chi connectivity index (χ1n) is 11.9. The highest BCUT2D eigenvalue weighted by Crippen LogP contribution is 2.28. The summed E-state index contributed by atoms with van der Waals surface area (Å²) in [6, 6.07) is 16.8. The molecule has 2 aromatic carbocycles. The van der Waals surface area contributed by atoms with Crippen molar-refractivity contribution >= 4 is 22.7 Å². The van der Waals surface area contributed by atoms with Gasteiger partial charge in [0, 0.05) is 37.6 Å². The Bertz CT molecular complexity index is 1060. The maximum atomic E-state index is 5.77. The second-order valence-corrected chi connectivity index (χ2v) is 8.98. The van der Waals surface area contributed by atoms with E-state index in [1.165, 1.54) is 18.4 Å². The van der Waals surface area contributed by atoms with Crippen LogP contribution in [-0.4, -0.2) is 43.3 Å². The Morgan fingerprint density at radius 3 is 2.58 bits per heavy atom. The molecule has 3 aromatic rings. The zero-order valence-corrected chi connectivity index (χ0v) is 19.8. The van der Waals surface area contributed by atoms with Crippen molar-refractivity contribution in [2.24, 2.45) is 5.92 Å². The van der Waals surface area contributed by atoms with Crippen molar-refractivity contribution in [1.82, 2.24) is 15.3 Å². The lowest BCUT2D eigenvalue weighted by molar-refractivity contribution is 0.321. The Kier molecular flexibility index (Phi) is 7.79. The SMILES string of the molecule is C=CCOc1ccccc1CNC[C@H]1CC[C@@H](Nc2nc(N(C)C)c3ccccc3n2)CC1. The average molecular weight is 446 g/mol. The van der Waals surface area contributed by atoms with E-state index in [2.05, 4.69) is 46.4 Å². The van der Waals surface area contributed by atoms with Crippen molar-refractivity contribution in [3.05, 3.63) is 66.7 Å². The second kappa shape index (κ2) is 11.1. The Balaban J connectivity index is 1.27. The monoisotopic (exact) mass is 445 g/mol. The van der Waals surface area contributed by atoms with Crippen LogP contribution >= 0.6 is 0 Å². The van der Waals surface area contributed by atoms with Gasteiger partial charge in [0.1, 0.15) is 18.2 Å². The lowest BCUT2D eigenvalue weighted by Gasteiger charge is -2.29. The van der Waals surface area contributed by atoms with E-state index < -0.39 is 0 Å². The smallest absolute Gasteiger partial charge is 0.225 e. The van der Waals surface area contributed by atoms with Crippen LogP contribution in [0.4, 0.5) is 11.8 Å². The van der Waals surface area contributed by atoms with Gasteiger partial charge >= 0.3 is 0 Å². The average Bonchev–Trinajstić information content (AvgIpc) is 2.84. The fourth-order valence-electron chi connectivity index (χ4n) is 4.51. The Morgan fingerprint density at radius 2 is 1.79 bits per heavy atom. The number of ether oxygens (including phenoxy) is 1. The van der Waals surface area contributed by atoms with E-state index in [1.54, 1.807) is 6.08 Å². The minimum Gasteiger partial charge on any atom is -0.489 e. The zero-order valence-electron chi connectivity index (χ0n) is 19.8. The summed E-state index contributed by atoms with van der Waals surface area (Å²) in [6.45, 7) is 6.11. The van der Waals surface area contributed by atoms with Gasteiger partial charge in [-0.3, -0.25) is 0 Å². The molecule has 0 amide bonds. The third-order valence-electron chi connectivity index (χ3n) is 6.26. The summed E-state index contributed by atoms with van der Waals surface area (Å²) in [4.78, 5) is 11.6. The molecule has 6 heteroatoms. The maximum absolute atomic E-state index is 5.77. The molecule has 4 rings (SSSR count). The molecule has 1 aliphatic carbocycles. The lowest BCUT2D eigenvalue weighted by atomic mass is 9.86.